The number of hydrogen-bond acceptors (Lipinski definition) is 7. The quantitative estimate of drug-likeness (QED) is 0.718. The normalized spacial score (nSPS) is 10.0. The zero-order valence-corrected chi connectivity index (χ0v) is 13.2. The number of anilines is 3. The second-order valence-corrected chi connectivity index (χ2v) is 5.37. The van der Waals surface area contributed by atoms with Crippen molar-refractivity contribution >= 4 is 17.3 Å². The van der Waals surface area contributed by atoms with E-state index in [1.54, 1.807) is 0 Å². The Labute approximate surface area is 131 Å². The van der Waals surface area contributed by atoms with Crippen LogP contribution in [0.5, 0.6) is 0 Å². The molecule has 0 amide bonds. The number of nitriles is 2. The standard InChI is InChI=1S/C15H23N7/c1-12(2)5-8-19-14-13(18)15(21-11-20-14)22(9-3-6-16)10-4-7-17/h11-12H,3-5,8-10,18H2,1-2H3,(H,19,20,21). The molecule has 0 aliphatic rings. The number of nitrogen functional groups attached to an aromatic ring is 1. The summed E-state index contributed by atoms with van der Waals surface area (Å²) < 4.78 is 0. The Morgan fingerprint density at radius 1 is 1.23 bits per heavy atom. The Kier molecular flexibility index (Phi) is 7.49. The average molecular weight is 301 g/mol. The third-order valence-electron chi connectivity index (χ3n) is 3.16. The van der Waals surface area contributed by atoms with E-state index in [-0.39, 0.29) is 0 Å². The SMILES string of the molecule is CC(C)CCNc1ncnc(N(CCC#N)CCC#N)c1N. The third-order valence-corrected chi connectivity index (χ3v) is 3.16. The molecule has 22 heavy (non-hydrogen) atoms. The molecule has 0 radical (unpaired) electrons. The molecule has 1 rings (SSSR count). The van der Waals surface area contributed by atoms with E-state index in [4.69, 9.17) is 16.3 Å². The summed E-state index contributed by atoms with van der Waals surface area (Å²) in [6.45, 7) is 6.08. The number of rotatable bonds is 9. The second-order valence-electron chi connectivity index (χ2n) is 5.37. The van der Waals surface area contributed by atoms with Crippen LogP contribution < -0.4 is 16.0 Å². The van der Waals surface area contributed by atoms with Crippen LogP contribution in [0.4, 0.5) is 17.3 Å². The van der Waals surface area contributed by atoms with E-state index >= 15 is 0 Å². The third kappa shape index (κ3) is 5.45. The Bertz CT molecular complexity index is 524. The highest BCUT2D eigenvalue weighted by Gasteiger charge is 2.14. The van der Waals surface area contributed by atoms with Gasteiger partial charge in [0.05, 0.1) is 25.0 Å². The summed E-state index contributed by atoms with van der Waals surface area (Å²) in [5.41, 5.74) is 6.61. The van der Waals surface area contributed by atoms with Gasteiger partial charge in [0.2, 0.25) is 0 Å². The predicted octanol–water partition coefficient (Wildman–Crippen LogP) is 2.15. The fraction of sp³-hybridized carbons (Fsp3) is 0.600. The van der Waals surface area contributed by atoms with Crippen LogP contribution >= 0.6 is 0 Å². The molecule has 0 saturated carbocycles. The Morgan fingerprint density at radius 2 is 1.86 bits per heavy atom. The van der Waals surface area contributed by atoms with Crippen molar-refractivity contribution in [1.82, 2.24) is 9.97 Å². The molecule has 1 aromatic rings. The van der Waals surface area contributed by atoms with Crippen molar-refractivity contribution < 1.29 is 0 Å². The second kappa shape index (κ2) is 9.41. The van der Waals surface area contributed by atoms with E-state index in [0.717, 1.165) is 13.0 Å². The van der Waals surface area contributed by atoms with Crippen LogP contribution in [0.25, 0.3) is 0 Å². The lowest BCUT2D eigenvalue weighted by Gasteiger charge is -2.23. The van der Waals surface area contributed by atoms with Crippen molar-refractivity contribution in [3.63, 3.8) is 0 Å². The van der Waals surface area contributed by atoms with Gasteiger partial charge in [-0.2, -0.15) is 10.5 Å². The lowest BCUT2D eigenvalue weighted by Crippen LogP contribution is -2.27. The van der Waals surface area contributed by atoms with Crippen LogP contribution in [-0.4, -0.2) is 29.6 Å². The van der Waals surface area contributed by atoms with E-state index in [2.05, 4.69) is 41.3 Å². The van der Waals surface area contributed by atoms with Gasteiger partial charge in [-0.1, -0.05) is 13.8 Å². The smallest absolute Gasteiger partial charge is 0.157 e. The molecule has 0 unspecified atom stereocenters. The summed E-state index contributed by atoms with van der Waals surface area (Å²) in [6.07, 6.45) is 3.18. The van der Waals surface area contributed by atoms with E-state index < -0.39 is 0 Å². The summed E-state index contributed by atoms with van der Waals surface area (Å²) in [7, 11) is 0. The highest BCUT2D eigenvalue weighted by Crippen LogP contribution is 2.26. The molecule has 0 aromatic carbocycles. The van der Waals surface area contributed by atoms with Crippen LogP contribution in [0.3, 0.4) is 0 Å². The van der Waals surface area contributed by atoms with Crippen LogP contribution in [0.2, 0.25) is 0 Å². The lowest BCUT2D eigenvalue weighted by atomic mass is 10.1. The van der Waals surface area contributed by atoms with Crippen molar-refractivity contribution in [3.8, 4) is 12.1 Å². The molecule has 3 N–H and O–H groups in total. The molecule has 1 heterocycles. The van der Waals surface area contributed by atoms with E-state index in [1.165, 1.54) is 6.33 Å². The highest BCUT2D eigenvalue weighted by molar-refractivity contribution is 5.74. The first kappa shape index (κ1) is 17.5. The molecule has 0 aliphatic carbocycles. The number of aromatic nitrogens is 2. The first-order valence-corrected chi connectivity index (χ1v) is 7.43. The van der Waals surface area contributed by atoms with Gasteiger partial charge < -0.3 is 16.0 Å². The summed E-state index contributed by atoms with van der Waals surface area (Å²) in [6, 6.07) is 4.20. The van der Waals surface area contributed by atoms with Gasteiger partial charge in [0.1, 0.15) is 12.0 Å². The topological polar surface area (TPSA) is 115 Å². The van der Waals surface area contributed by atoms with E-state index in [0.29, 0.717) is 49.2 Å². The van der Waals surface area contributed by atoms with Crippen LogP contribution in [0.1, 0.15) is 33.1 Å². The van der Waals surface area contributed by atoms with Crippen molar-refractivity contribution in [2.45, 2.75) is 33.1 Å². The summed E-state index contributed by atoms with van der Waals surface area (Å²) in [5, 5.41) is 20.7. The number of nitrogens with two attached hydrogens (primary N) is 1. The van der Waals surface area contributed by atoms with Gasteiger partial charge >= 0.3 is 0 Å². The highest BCUT2D eigenvalue weighted by atomic mass is 15.2. The molecule has 7 nitrogen and oxygen atoms in total. The molecule has 118 valence electrons. The average Bonchev–Trinajstić information content (AvgIpc) is 2.49. The molecule has 0 bridgehead atoms. The molecule has 1 aromatic heterocycles. The minimum Gasteiger partial charge on any atom is -0.393 e. The van der Waals surface area contributed by atoms with Gasteiger partial charge in [-0.3, -0.25) is 0 Å². The molecule has 0 fully saturated rings. The van der Waals surface area contributed by atoms with Crippen molar-refractivity contribution in [2.75, 3.05) is 35.6 Å². The van der Waals surface area contributed by atoms with Crippen molar-refractivity contribution in [2.24, 2.45) is 5.92 Å². The molecule has 0 atom stereocenters. The Hall–Kier alpha value is -2.54. The van der Waals surface area contributed by atoms with E-state index in [1.807, 2.05) is 4.90 Å². The zero-order chi connectivity index (χ0) is 16.4. The first-order valence-electron chi connectivity index (χ1n) is 7.43. The number of nitrogens with zero attached hydrogens (tertiary/aromatic N) is 5. The first-order chi connectivity index (χ1) is 10.6. The maximum absolute atomic E-state index is 8.76. The number of hydrogen-bond donors (Lipinski definition) is 2. The fourth-order valence-corrected chi connectivity index (χ4v) is 1.95. The molecule has 7 heteroatoms. The molecule has 0 saturated heterocycles. The molecular formula is C15H23N7. The summed E-state index contributed by atoms with van der Waals surface area (Å²) in [5.74, 6) is 1.77. The zero-order valence-electron chi connectivity index (χ0n) is 13.2. The summed E-state index contributed by atoms with van der Waals surface area (Å²) in [4.78, 5) is 10.3. The monoisotopic (exact) mass is 301 g/mol. The molecule has 0 aliphatic heterocycles. The number of nitrogens with one attached hydrogen (secondary N) is 1. The van der Waals surface area contributed by atoms with E-state index in [9.17, 15) is 0 Å². The largest absolute Gasteiger partial charge is 0.393 e. The van der Waals surface area contributed by atoms with Gasteiger partial charge in [0.15, 0.2) is 11.6 Å². The van der Waals surface area contributed by atoms with Gasteiger partial charge in [-0.05, 0) is 12.3 Å². The lowest BCUT2D eigenvalue weighted by molar-refractivity contribution is 0.606. The van der Waals surface area contributed by atoms with Crippen molar-refractivity contribution in [1.29, 1.82) is 10.5 Å². The Balaban J connectivity index is 2.86. The summed E-state index contributed by atoms with van der Waals surface area (Å²) >= 11 is 0. The van der Waals surface area contributed by atoms with Crippen molar-refractivity contribution in [3.05, 3.63) is 6.33 Å². The minimum absolute atomic E-state index is 0.352. The maximum atomic E-state index is 8.76. The predicted molar refractivity (Wildman–Crippen MR) is 87.1 cm³/mol. The van der Waals surface area contributed by atoms with Gasteiger partial charge in [-0.15, -0.1) is 0 Å². The van der Waals surface area contributed by atoms with Gasteiger partial charge in [0, 0.05) is 19.6 Å². The molecular weight excluding hydrogens is 278 g/mol. The van der Waals surface area contributed by atoms with Crippen LogP contribution in [-0.2, 0) is 0 Å². The van der Waals surface area contributed by atoms with Crippen LogP contribution in [0.15, 0.2) is 6.33 Å². The minimum atomic E-state index is 0.352. The van der Waals surface area contributed by atoms with Gasteiger partial charge in [-0.25, -0.2) is 9.97 Å². The van der Waals surface area contributed by atoms with Gasteiger partial charge in [0.25, 0.3) is 0 Å². The molecule has 0 spiro atoms. The van der Waals surface area contributed by atoms with Crippen LogP contribution in [0, 0.1) is 28.6 Å². The maximum Gasteiger partial charge on any atom is 0.157 e. The fourth-order valence-electron chi connectivity index (χ4n) is 1.95. The Morgan fingerprint density at radius 3 is 2.41 bits per heavy atom.